The summed E-state index contributed by atoms with van der Waals surface area (Å²) in [7, 11) is 1.58. The first-order valence-corrected chi connectivity index (χ1v) is 7.79. The lowest BCUT2D eigenvalue weighted by molar-refractivity contribution is 0.415. The van der Waals surface area contributed by atoms with Crippen LogP contribution in [0.1, 0.15) is 17.7 Å². The Hall–Kier alpha value is -1.72. The van der Waals surface area contributed by atoms with E-state index in [9.17, 15) is 0 Å². The molecule has 21 heavy (non-hydrogen) atoms. The van der Waals surface area contributed by atoms with E-state index in [1.807, 2.05) is 12.1 Å². The van der Waals surface area contributed by atoms with Crippen molar-refractivity contribution in [3.63, 3.8) is 0 Å². The van der Waals surface area contributed by atoms with Crippen molar-refractivity contribution in [2.75, 3.05) is 19.0 Å². The summed E-state index contributed by atoms with van der Waals surface area (Å²) in [6.07, 6.45) is 0. The second kappa shape index (κ2) is 7.33. The monoisotopic (exact) mass is 323 g/mol. The Bertz CT molecular complexity index is 613. The minimum atomic E-state index is 0.352. The van der Waals surface area contributed by atoms with Gasteiger partial charge in [0.25, 0.3) is 0 Å². The minimum absolute atomic E-state index is 0.352. The number of ether oxygens (including phenoxy) is 1. The van der Waals surface area contributed by atoms with Gasteiger partial charge in [-0.25, -0.2) is 0 Å². The normalized spacial score (nSPS) is 13.0. The molecule has 0 aliphatic rings. The zero-order chi connectivity index (χ0) is 15.2. The molecule has 0 saturated carbocycles. The van der Waals surface area contributed by atoms with Crippen molar-refractivity contribution in [3.05, 3.63) is 45.6 Å². The standard InChI is InChI=1S/C15H18ClN3OS/c1-10(14-4-3-7-21-14)9-18-15(17)19-11-5-6-13(20-2)12(16)8-11/h3-8,10H,9H2,1-2H3,(H3,17,18,19). The maximum absolute atomic E-state index is 6.06. The van der Waals surface area contributed by atoms with Gasteiger partial charge in [-0.3, -0.25) is 4.99 Å². The lowest BCUT2D eigenvalue weighted by Crippen LogP contribution is -2.23. The van der Waals surface area contributed by atoms with Crippen molar-refractivity contribution >= 4 is 34.6 Å². The van der Waals surface area contributed by atoms with Crippen LogP contribution >= 0.6 is 22.9 Å². The fraction of sp³-hybridized carbons (Fsp3) is 0.267. The van der Waals surface area contributed by atoms with Gasteiger partial charge in [0.15, 0.2) is 5.96 Å². The molecule has 0 radical (unpaired) electrons. The molecular formula is C15H18ClN3OS. The summed E-state index contributed by atoms with van der Waals surface area (Å²) in [5, 5.41) is 5.62. The van der Waals surface area contributed by atoms with Gasteiger partial charge in [0.05, 0.1) is 18.7 Å². The predicted molar refractivity (Wildman–Crippen MR) is 90.9 cm³/mol. The molecule has 0 bridgehead atoms. The third-order valence-electron chi connectivity index (χ3n) is 2.99. The highest BCUT2D eigenvalue weighted by molar-refractivity contribution is 7.10. The Kier molecular flexibility index (Phi) is 5.47. The maximum atomic E-state index is 6.06. The average molecular weight is 324 g/mol. The molecule has 4 nitrogen and oxygen atoms in total. The Labute approximate surface area is 133 Å². The van der Waals surface area contributed by atoms with Gasteiger partial charge in [-0.1, -0.05) is 24.6 Å². The topological polar surface area (TPSA) is 59.6 Å². The van der Waals surface area contributed by atoms with E-state index in [-0.39, 0.29) is 0 Å². The van der Waals surface area contributed by atoms with Crippen LogP contribution in [0.15, 0.2) is 40.7 Å². The van der Waals surface area contributed by atoms with E-state index in [4.69, 9.17) is 22.1 Å². The summed E-state index contributed by atoms with van der Waals surface area (Å²) in [4.78, 5) is 5.67. The molecule has 0 fully saturated rings. The van der Waals surface area contributed by atoms with Gasteiger partial charge in [-0.05, 0) is 29.6 Å². The van der Waals surface area contributed by atoms with E-state index >= 15 is 0 Å². The summed E-state index contributed by atoms with van der Waals surface area (Å²) in [5.41, 5.74) is 6.68. The second-order valence-corrected chi connectivity index (χ2v) is 6.00. The lowest BCUT2D eigenvalue weighted by atomic mass is 10.1. The van der Waals surface area contributed by atoms with Crippen LogP contribution in [0.25, 0.3) is 0 Å². The Morgan fingerprint density at radius 2 is 2.29 bits per heavy atom. The number of anilines is 1. The van der Waals surface area contributed by atoms with Crippen molar-refractivity contribution in [2.24, 2.45) is 10.7 Å². The van der Waals surface area contributed by atoms with Crippen LogP contribution in [-0.2, 0) is 0 Å². The largest absolute Gasteiger partial charge is 0.495 e. The number of hydrogen-bond acceptors (Lipinski definition) is 3. The number of aliphatic imine (C=N–C) groups is 1. The summed E-state index contributed by atoms with van der Waals surface area (Å²) >= 11 is 7.79. The van der Waals surface area contributed by atoms with Crippen molar-refractivity contribution < 1.29 is 4.74 Å². The first-order valence-electron chi connectivity index (χ1n) is 6.54. The fourth-order valence-electron chi connectivity index (χ4n) is 1.83. The molecule has 2 rings (SSSR count). The van der Waals surface area contributed by atoms with Gasteiger partial charge >= 0.3 is 0 Å². The third kappa shape index (κ3) is 4.37. The predicted octanol–water partition coefficient (Wildman–Crippen LogP) is 3.94. The lowest BCUT2D eigenvalue weighted by Gasteiger charge is -2.10. The number of thiophene rings is 1. The van der Waals surface area contributed by atoms with E-state index in [0.717, 1.165) is 5.69 Å². The van der Waals surface area contributed by atoms with E-state index < -0.39 is 0 Å². The number of halogens is 1. The Morgan fingerprint density at radius 3 is 2.90 bits per heavy atom. The summed E-state index contributed by atoms with van der Waals surface area (Å²) in [5.74, 6) is 1.36. The SMILES string of the molecule is COc1ccc(NC(N)=NCC(C)c2cccs2)cc1Cl. The number of nitrogens with zero attached hydrogens (tertiary/aromatic N) is 1. The van der Waals surface area contributed by atoms with E-state index in [0.29, 0.717) is 29.2 Å². The van der Waals surface area contributed by atoms with E-state index in [2.05, 4.69) is 28.7 Å². The van der Waals surface area contributed by atoms with Crippen molar-refractivity contribution in [2.45, 2.75) is 12.8 Å². The summed E-state index contributed by atoms with van der Waals surface area (Å²) < 4.78 is 5.11. The zero-order valence-electron chi connectivity index (χ0n) is 12.0. The number of benzene rings is 1. The van der Waals surface area contributed by atoms with Crippen molar-refractivity contribution in [3.8, 4) is 5.75 Å². The first-order chi connectivity index (χ1) is 10.1. The average Bonchev–Trinajstić information content (AvgIpc) is 2.99. The van der Waals surface area contributed by atoms with Gasteiger partial charge in [-0.15, -0.1) is 11.3 Å². The number of nitrogens with two attached hydrogens (primary N) is 1. The molecule has 3 N–H and O–H groups in total. The first kappa shape index (κ1) is 15.7. The molecule has 1 heterocycles. The van der Waals surface area contributed by atoms with Crippen LogP contribution in [0.5, 0.6) is 5.75 Å². The Morgan fingerprint density at radius 1 is 1.48 bits per heavy atom. The van der Waals surface area contributed by atoms with Gasteiger partial charge in [0, 0.05) is 16.5 Å². The molecule has 1 atom stereocenters. The number of nitrogens with one attached hydrogen (secondary N) is 1. The van der Waals surface area contributed by atoms with Crippen LogP contribution in [0.3, 0.4) is 0 Å². The molecule has 2 aromatic rings. The van der Waals surface area contributed by atoms with Crippen LogP contribution in [0.4, 0.5) is 5.69 Å². The molecule has 0 aliphatic heterocycles. The van der Waals surface area contributed by atoms with Crippen LogP contribution < -0.4 is 15.8 Å². The molecule has 0 spiro atoms. The number of rotatable bonds is 5. The molecule has 1 unspecified atom stereocenters. The third-order valence-corrected chi connectivity index (χ3v) is 4.39. The molecule has 1 aromatic carbocycles. The highest BCUT2D eigenvalue weighted by Gasteiger charge is 2.06. The summed E-state index contributed by atoms with van der Waals surface area (Å²) in [6, 6.07) is 9.53. The van der Waals surface area contributed by atoms with Gasteiger partial charge in [0.2, 0.25) is 0 Å². The summed E-state index contributed by atoms with van der Waals surface area (Å²) in [6.45, 7) is 2.77. The highest BCUT2D eigenvalue weighted by atomic mass is 35.5. The number of methoxy groups -OCH3 is 1. The fourth-order valence-corrected chi connectivity index (χ4v) is 2.86. The molecule has 0 aliphatic carbocycles. The zero-order valence-corrected chi connectivity index (χ0v) is 13.5. The van der Waals surface area contributed by atoms with Gasteiger partial charge in [0.1, 0.15) is 5.75 Å². The smallest absolute Gasteiger partial charge is 0.193 e. The van der Waals surface area contributed by atoms with E-state index in [1.54, 1.807) is 30.6 Å². The van der Waals surface area contributed by atoms with Crippen LogP contribution in [0.2, 0.25) is 5.02 Å². The number of hydrogen-bond donors (Lipinski definition) is 2. The molecule has 112 valence electrons. The second-order valence-electron chi connectivity index (χ2n) is 4.62. The number of guanidine groups is 1. The Balaban J connectivity index is 1.96. The van der Waals surface area contributed by atoms with Gasteiger partial charge < -0.3 is 15.8 Å². The van der Waals surface area contributed by atoms with E-state index in [1.165, 1.54) is 4.88 Å². The molecule has 1 aromatic heterocycles. The molecule has 0 saturated heterocycles. The van der Waals surface area contributed by atoms with Gasteiger partial charge in [-0.2, -0.15) is 0 Å². The highest BCUT2D eigenvalue weighted by Crippen LogP contribution is 2.27. The maximum Gasteiger partial charge on any atom is 0.193 e. The molecular weight excluding hydrogens is 306 g/mol. The molecule has 6 heteroatoms. The minimum Gasteiger partial charge on any atom is -0.495 e. The van der Waals surface area contributed by atoms with Crippen molar-refractivity contribution in [1.82, 2.24) is 0 Å². The van der Waals surface area contributed by atoms with Crippen LogP contribution in [-0.4, -0.2) is 19.6 Å². The quantitative estimate of drug-likeness (QED) is 0.647. The van der Waals surface area contributed by atoms with Crippen LogP contribution in [0, 0.1) is 0 Å². The van der Waals surface area contributed by atoms with Crippen molar-refractivity contribution in [1.29, 1.82) is 0 Å². The molecule has 0 amide bonds.